The number of esters is 1. The van der Waals surface area contributed by atoms with Crippen LogP contribution >= 0.6 is 0 Å². The van der Waals surface area contributed by atoms with Gasteiger partial charge in [0.1, 0.15) is 5.58 Å². The first kappa shape index (κ1) is 22.1. The largest absolute Gasteiger partial charge is 0.502 e. The van der Waals surface area contributed by atoms with Gasteiger partial charge in [0.25, 0.3) is 0 Å². The van der Waals surface area contributed by atoms with Gasteiger partial charge in [0.2, 0.25) is 11.2 Å². The van der Waals surface area contributed by atoms with Gasteiger partial charge in [-0.3, -0.25) is 14.3 Å². The molecule has 1 N–H and O–H groups in total. The van der Waals surface area contributed by atoms with Crippen molar-refractivity contribution in [3.05, 3.63) is 57.2 Å². The maximum atomic E-state index is 12.8. The average molecular weight is 461 g/mol. The Morgan fingerprint density at radius 1 is 1.34 bits per heavy atom. The highest BCUT2D eigenvalue weighted by Gasteiger charge is 2.35. The predicted octanol–water partition coefficient (Wildman–Crippen LogP) is 2.37. The van der Waals surface area contributed by atoms with Gasteiger partial charge in [-0.15, -0.1) is 0 Å². The molecule has 1 aliphatic heterocycles. The minimum atomic E-state index is -3.13. The summed E-state index contributed by atoms with van der Waals surface area (Å²) in [7, 11) is -1.88. The van der Waals surface area contributed by atoms with E-state index in [9.17, 15) is 23.1 Å². The van der Waals surface area contributed by atoms with Crippen LogP contribution in [-0.4, -0.2) is 47.9 Å². The van der Waals surface area contributed by atoms with Gasteiger partial charge in [0.05, 0.1) is 48.1 Å². The number of hydrogen-bond donors (Lipinski definition) is 1. The Bertz CT molecular complexity index is 1370. The van der Waals surface area contributed by atoms with Crippen LogP contribution < -0.4 is 5.43 Å². The van der Waals surface area contributed by atoms with Crippen molar-refractivity contribution in [1.82, 2.24) is 9.78 Å². The van der Waals surface area contributed by atoms with Gasteiger partial charge in [0.15, 0.2) is 15.6 Å². The van der Waals surface area contributed by atoms with E-state index in [1.165, 1.54) is 7.11 Å². The van der Waals surface area contributed by atoms with E-state index in [1.54, 1.807) is 42.8 Å². The summed E-state index contributed by atoms with van der Waals surface area (Å²) in [6, 6.07) is 6.22. The Labute approximate surface area is 184 Å². The summed E-state index contributed by atoms with van der Waals surface area (Å²) in [6.07, 6.45) is 0.253. The van der Waals surface area contributed by atoms with Gasteiger partial charge in [-0.1, -0.05) is 12.1 Å². The fourth-order valence-corrected chi connectivity index (χ4v) is 6.16. The number of ether oxygens (including phenoxy) is 1. The standard InChI is InChI=1S/C22H24N2O7S/c1-12-19(13(2)24(23-12)14-8-9-32(28,29)11-14)16(10-18(25)30-3)22-21(27)20(26)15-6-4-5-7-17(15)31-22/h4-7,14,16,27H,8-11H2,1-3H3/t14-,16+/m1/s1. The van der Waals surface area contributed by atoms with Crippen molar-refractivity contribution in [2.24, 2.45) is 0 Å². The van der Waals surface area contributed by atoms with E-state index < -0.39 is 32.9 Å². The number of nitrogens with zero attached hydrogens (tertiary/aromatic N) is 2. The highest BCUT2D eigenvalue weighted by Crippen LogP contribution is 2.39. The van der Waals surface area contributed by atoms with Gasteiger partial charge < -0.3 is 14.3 Å². The zero-order valence-corrected chi connectivity index (χ0v) is 18.8. The molecule has 0 aliphatic carbocycles. The van der Waals surface area contributed by atoms with Crippen molar-refractivity contribution in [2.75, 3.05) is 18.6 Å². The van der Waals surface area contributed by atoms with E-state index >= 15 is 0 Å². The number of rotatable bonds is 5. The number of hydrogen-bond acceptors (Lipinski definition) is 8. The minimum Gasteiger partial charge on any atom is -0.502 e. The van der Waals surface area contributed by atoms with Crippen LogP contribution in [0, 0.1) is 13.8 Å². The van der Waals surface area contributed by atoms with Gasteiger partial charge in [-0.2, -0.15) is 5.10 Å². The van der Waals surface area contributed by atoms with Crippen LogP contribution in [-0.2, 0) is 19.4 Å². The Kier molecular flexibility index (Phi) is 5.58. The van der Waals surface area contributed by atoms with Crippen LogP contribution in [0.25, 0.3) is 11.0 Å². The fourth-order valence-electron chi connectivity index (χ4n) is 4.47. The van der Waals surface area contributed by atoms with E-state index in [4.69, 9.17) is 9.15 Å². The summed E-state index contributed by atoms with van der Waals surface area (Å²) in [6.45, 7) is 3.52. The molecular formula is C22H24N2O7S. The molecule has 1 saturated heterocycles. The molecule has 0 amide bonds. The smallest absolute Gasteiger partial charge is 0.306 e. The molecule has 2 aromatic heterocycles. The molecule has 3 heterocycles. The minimum absolute atomic E-state index is 0.00756. The molecule has 0 unspecified atom stereocenters. The van der Waals surface area contributed by atoms with Gasteiger partial charge in [-0.25, -0.2) is 8.42 Å². The molecular weight excluding hydrogens is 436 g/mol. The van der Waals surface area contributed by atoms with E-state index in [0.29, 0.717) is 23.4 Å². The number of fused-ring (bicyclic) bond motifs is 1. The lowest BCUT2D eigenvalue weighted by atomic mass is 9.90. The number of methoxy groups -OCH3 is 1. The third-order valence-corrected chi connectivity index (χ3v) is 7.75. The molecule has 9 nitrogen and oxygen atoms in total. The average Bonchev–Trinajstić information content (AvgIpc) is 3.27. The fraction of sp³-hybridized carbons (Fsp3) is 0.409. The molecule has 170 valence electrons. The molecule has 0 bridgehead atoms. The van der Waals surface area contributed by atoms with Crippen molar-refractivity contribution < 1.29 is 27.5 Å². The lowest BCUT2D eigenvalue weighted by Gasteiger charge is -2.18. The van der Waals surface area contributed by atoms with Crippen molar-refractivity contribution in [3.8, 4) is 5.75 Å². The number of sulfone groups is 1. The topological polar surface area (TPSA) is 129 Å². The maximum absolute atomic E-state index is 12.8. The third kappa shape index (κ3) is 3.79. The summed E-state index contributed by atoms with van der Waals surface area (Å²) in [4.78, 5) is 25.1. The lowest BCUT2D eigenvalue weighted by Crippen LogP contribution is -2.16. The van der Waals surface area contributed by atoms with Crippen molar-refractivity contribution in [3.63, 3.8) is 0 Å². The first-order valence-electron chi connectivity index (χ1n) is 10.2. The SMILES string of the molecule is COC(=O)C[C@H](c1oc2ccccc2c(=O)c1O)c1c(C)nn([C@@H]2CCS(=O)(=O)C2)c1C. The summed E-state index contributed by atoms with van der Waals surface area (Å²) in [5.74, 6) is -1.94. The van der Waals surface area contributed by atoms with Crippen LogP contribution in [0.5, 0.6) is 5.75 Å². The summed E-state index contributed by atoms with van der Waals surface area (Å²) < 4.78 is 36.4. The first-order valence-corrected chi connectivity index (χ1v) is 12.0. The second-order valence-electron chi connectivity index (χ2n) is 8.06. The van der Waals surface area contributed by atoms with E-state index in [1.807, 2.05) is 0 Å². The number of aryl methyl sites for hydroxylation is 1. The van der Waals surface area contributed by atoms with Crippen LogP contribution in [0.2, 0.25) is 0 Å². The molecule has 0 saturated carbocycles. The van der Waals surface area contributed by atoms with E-state index in [0.717, 1.165) is 0 Å². The van der Waals surface area contributed by atoms with Crippen LogP contribution in [0.15, 0.2) is 33.5 Å². The zero-order chi connectivity index (χ0) is 23.2. The molecule has 2 atom stereocenters. The predicted molar refractivity (Wildman–Crippen MR) is 117 cm³/mol. The number of para-hydroxylation sites is 1. The molecule has 1 aliphatic rings. The second-order valence-corrected chi connectivity index (χ2v) is 10.3. The number of aromatic nitrogens is 2. The molecule has 0 spiro atoms. The molecule has 4 rings (SSSR count). The zero-order valence-electron chi connectivity index (χ0n) is 18.0. The first-order chi connectivity index (χ1) is 15.1. The van der Waals surface area contributed by atoms with E-state index in [2.05, 4.69) is 5.10 Å². The summed E-state index contributed by atoms with van der Waals surface area (Å²) in [5.41, 5.74) is 1.48. The summed E-state index contributed by atoms with van der Waals surface area (Å²) in [5, 5.41) is 15.5. The Morgan fingerprint density at radius 2 is 2.06 bits per heavy atom. The third-order valence-electron chi connectivity index (χ3n) is 6.00. The van der Waals surface area contributed by atoms with Crippen LogP contribution in [0.4, 0.5) is 0 Å². The number of aromatic hydroxyl groups is 1. The van der Waals surface area contributed by atoms with Gasteiger partial charge in [-0.05, 0) is 32.4 Å². The monoisotopic (exact) mass is 460 g/mol. The molecule has 10 heteroatoms. The maximum Gasteiger partial charge on any atom is 0.306 e. The number of benzene rings is 1. The highest BCUT2D eigenvalue weighted by atomic mass is 32.2. The van der Waals surface area contributed by atoms with Crippen LogP contribution in [0.1, 0.15) is 47.5 Å². The van der Waals surface area contributed by atoms with Crippen LogP contribution in [0.3, 0.4) is 0 Å². The molecule has 1 fully saturated rings. The quantitative estimate of drug-likeness (QED) is 0.575. The highest BCUT2D eigenvalue weighted by molar-refractivity contribution is 7.91. The molecule has 3 aromatic rings. The summed E-state index contributed by atoms with van der Waals surface area (Å²) >= 11 is 0. The van der Waals surface area contributed by atoms with Gasteiger partial charge >= 0.3 is 5.97 Å². The number of carbonyl (C=O) groups excluding carboxylic acids is 1. The van der Waals surface area contributed by atoms with Gasteiger partial charge in [0, 0.05) is 11.3 Å². The van der Waals surface area contributed by atoms with E-state index in [-0.39, 0.29) is 40.7 Å². The Balaban J connectivity index is 1.90. The molecule has 0 radical (unpaired) electrons. The Hall–Kier alpha value is -3.14. The van der Waals surface area contributed by atoms with Crippen molar-refractivity contribution in [2.45, 2.75) is 38.6 Å². The Morgan fingerprint density at radius 3 is 2.72 bits per heavy atom. The normalized spacial score (nSPS) is 18.7. The molecule has 32 heavy (non-hydrogen) atoms. The van der Waals surface area contributed by atoms with Crippen molar-refractivity contribution in [1.29, 1.82) is 0 Å². The second kappa shape index (κ2) is 8.09. The van der Waals surface area contributed by atoms with Crippen molar-refractivity contribution >= 4 is 26.8 Å². The molecule has 1 aromatic carbocycles. The number of carbonyl (C=O) groups is 1. The lowest BCUT2D eigenvalue weighted by molar-refractivity contribution is -0.140.